The van der Waals surface area contributed by atoms with E-state index in [1.54, 1.807) is 12.1 Å². The molecule has 0 fully saturated rings. The summed E-state index contributed by atoms with van der Waals surface area (Å²) in [5, 5.41) is 1.37. The molecule has 2 aromatic heterocycles. The highest BCUT2D eigenvalue weighted by Gasteiger charge is 2.18. The lowest BCUT2D eigenvalue weighted by Crippen LogP contribution is -2.06. The Kier molecular flexibility index (Phi) is 4.45. The third-order valence-corrected chi connectivity index (χ3v) is 4.51. The largest absolute Gasteiger partial charge is 0.465 e. The quantitative estimate of drug-likeness (QED) is 0.506. The summed E-state index contributed by atoms with van der Waals surface area (Å²) in [6.07, 6.45) is 0. The third-order valence-electron chi connectivity index (χ3n) is 4.51. The molecule has 4 aromatic rings. The predicted octanol–water partition coefficient (Wildman–Crippen LogP) is 4.02. The molecule has 0 bridgehead atoms. The van der Waals surface area contributed by atoms with Crippen LogP contribution >= 0.6 is 0 Å². The van der Waals surface area contributed by atoms with Crippen molar-refractivity contribution in [1.29, 1.82) is 0 Å². The molecule has 0 aliphatic heterocycles. The molecule has 0 saturated heterocycles. The van der Waals surface area contributed by atoms with Crippen LogP contribution in [0.1, 0.15) is 20.7 Å². The van der Waals surface area contributed by atoms with Crippen molar-refractivity contribution in [2.24, 2.45) is 0 Å². The van der Waals surface area contributed by atoms with Crippen molar-refractivity contribution < 1.29 is 19.1 Å². The first kappa shape index (κ1) is 17.6. The monoisotopic (exact) mass is 372 g/mol. The molecule has 0 aliphatic rings. The molecule has 0 unspecified atom stereocenters. The fraction of sp³-hybridized carbons (Fsp3) is 0.0909. The number of aromatic nitrogens is 2. The first-order valence-corrected chi connectivity index (χ1v) is 8.59. The van der Waals surface area contributed by atoms with Crippen LogP contribution in [0.2, 0.25) is 0 Å². The summed E-state index contributed by atoms with van der Waals surface area (Å²) in [7, 11) is 2.67. The average molecular weight is 372 g/mol. The second kappa shape index (κ2) is 7.08. The second-order valence-corrected chi connectivity index (χ2v) is 6.13. The highest BCUT2D eigenvalue weighted by molar-refractivity contribution is 6.06. The molecule has 0 radical (unpaired) electrons. The first-order chi connectivity index (χ1) is 13.6. The topological polar surface area (TPSA) is 78.4 Å². The number of carbonyl (C=O) groups excluding carboxylic acids is 2. The highest BCUT2D eigenvalue weighted by atomic mass is 16.5. The summed E-state index contributed by atoms with van der Waals surface area (Å²) >= 11 is 0. The van der Waals surface area contributed by atoms with Gasteiger partial charge in [-0.1, -0.05) is 36.4 Å². The molecule has 0 amide bonds. The lowest BCUT2D eigenvalue weighted by molar-refractivity contribution is 0.0594. The molecule has 0 atom stereocenters. The van der Waals surface area contributed by atoms with E-state index in [-0.39, 0.29) is 0 Å². The van der Waals surface area contributed by atoms with Gasteiger partial charge in [0.15, 0.2) is 0 Å². The number of methoxy groups -OCH3 is 2. The third kappa shape index (κ3) is 2.95. The van der Waals surface area contributed by atoms with Gasteiger partial charge < -0.3 is 9.47 Å². The fourth-order valence-corrected chi connectivity index (χ4v) is 3.17. The molecular weight excluding hydrogens is 356 g/mol. The minimum Gasteiger partial charge on any atom is -0.465 e. The number of hydrogen-bond donors (Lipinski definition) is 0. The van der Waals surface area contributed by atoms with Gasteiger partial charge in [0.25, 0.3) is 0 Å². The van der Waals surface area contributed by atoms with Crippen molar-refractivity contribution in [3.05, 3.63) is 71.8 Å². The summed E-state index contributed by atoms with van der Waals surface area (Å²) in [6.45, 7) is 0. The molecule has 28 heavy (non-hydrogen) atoms. The summed E-state index contributed by atoms with van der Waals surface area (Å²) in [5.74, 6) is -0.928. The molecule has 138 valence electrons. The molecule has 0 aliphatic carbocycles. The van der Waals surface area contributed by atoms with E-state index < -0.39 is 11.9 Å². The normalized spacial score (nSPS) is 10.8. The maximum absolute atomic E-state index is 12.3. The first-order valence-electron chi connectivity index (χ1n) is 8.59. The van der Waals surface area contributed by atoms with Gasteiger partial charge in [-0.15, -0.1) is 0 Å². The van der Waals surface area contributed by atoms with E-state index in [4.69, 9.17) is 9.47 Å². The Bertz CT molecular complexity index is 1140. The number of carbonyl (C=O) groups is 2. The van der Waals surface area contributed by atoms with Gasteiger partial charge in [0, 0.05) is 10.8 Å². The van der Waals surface area contributed by atoms with E-state index >= 15 is 0 Å². The summed E-state index contributed by atoms with van der Waals surface area (Å²) in [5.41, 5.74) is 2.98. The Hall–Kier alpha value is -3.80. The van der Waals surface area contributed by atoms with Crippen molar-refractivity contribution >= 4 is 33.7 Å². The van der Waals surface area contributed by atoms with Crippen LogP contribution in [0.5, 0.6) is 0 Å². The zero-order valence-electron chi connectivity index (χ0n) is 15.3. The van der Waals surface area contributed by atoms with Crippen LogP contribution in [0.3, 0.4) is 0 Å². The zero-order valence-corrected chi connectivity index (χ0v) is 15.3. The molecule has 0 N–H and O–H groups in total. The summed E-state index contributed by atoms with van der Waals surface area (Å²) in [4.78, 5) is 33.9. The van der Waals surface area contributed by atoms with Crippen molar-refractivity contribution in [3.63, 3.8) is 0 Å². The minimum absolute atomic E-state index is 0.387. The van der Waals surface area contributed by atoms with Crippen LogP contribution in [0.25, 0.3) is 33.2 Å². The van der Waals surface area contributed by atoms with Crippen LogP contribution < -0.4 is 0 Å². The number of hydrogen-bond acceptors (Lipinski definition) is 6. The van der Waals surface area contributed by atoms with E-state index in [1.165, 1.54) is 14.2 Å². The Morgan fingerprint density at radius 2 is 1.07 bits per heavy atom. The van der Waals surface area contributed by atoms with Gasteiger partial charge in [-0.2, -0.15) is 0 Å². The van der Waals surface area contributed by atoms with Crippen LogP contribution in [0.15, 0.2) is 60.7 Å². The molecule has 6 nitrogen and oxygen atoms in total. The summed E-state index contributed by atoms with van der Waals surface area (Å²) in [6, 6.07) is 17.9. The Balaban J connectivity index is 2.01. The standard InChI is InChI=1S/C22H16N2O4/c1-27-21(25)15-11-19(23-17-9-5-3-7-13(15)17)20-12-16(22(26)28-2)14-8-4-6-10-18(14)24-20/h3-12H,1-2H3. The molecule has 6 heteroatoms. The van der Waals surface area contributed by atoms with Crippen LogP contribution in [0, 0.1) is 0 Å². The van der Waals surface area contributed by atoms with E-state index in [1.807, 2.05) is 48.5 Å². The molecule has 2 aromatic carbocycles. The SMILES string of the molecule is COC(=O)c1cc(-c2cc(C(=O)OC)c3ccccc3n2)nc2ccccc12. The maximum Gasteiger partial charge on any atom is 0.338 e. The van der Waals surface area contributed by atoms with E-state index in [2.05, 4.69) is 9.97 Å². The zero-order chi connectivity index (χ0) is 19.7. The van der Waals surface area contributed by atoms with Gasteiger partial charge in [0.1, 0.15) is 0 Å². The number of esters is 2. The summed E-state index contributed by atoms with van der Waals surface area (Å²) < 4.78 is 9.85. The Morgan fingerprint density at radius 1 is 0.679 bits per heavy atom. The van der Waals surface area contributed by atoms with Crippen molar-refractivity contribution in [3.8, 4) is 11.4 Å². The van der Waals surface area contributed by atoms with E-state index in [0.29, 0.717) is 44.3 Å². The van der Waals surface area contributed by atoms with Crippen molar-refractivity contribution in [2.75, 3.05) is 14.2 Å². The molecular formula is C22H16N2O4. The number of para-hydroxylation sites is 2. The van der Waals surface area contributed by atoms with E-state index in [0.717, 1.165) is 0 Å². The smallest absolute Gasteiger partial charge is 0.338 e. The predicted molar refractivity (Wildman–Crippen MR) is 105 cm³/mol. The molecule has 0 saturated carbocycles. The second-order valence-electron chi connectivity index (χ2n) is 6.13. The number of ether oxygens (including phenoxy) is 2. The van der Waals surface area contributed by atoms with Crippen LogP contribution in [0.4, 0.5) is 0 Å². The maximum atomic E-state index is 12.3. The molecule has 0 spiro atoms. The Labute approximate surface area is 160 Å². The average Bonchev–Trinajstić information content (AvgIpc) is 2.76. The van der Waals surface area contributed by atoms with E-state index in [9.17, 15) is 9.59 Å². The Morgan fingerprint density at radius 3 is 1.46 bits per heavy atom. The number of pyridine rings is 2. The van der Waals surface area contributed by atoms with Gasteiger partial charge >= 0.3 is 11.9 Å². The van der Waals surface area contributed by atoms with Gasteiger partial charge in [0.2, 0.25) is 0 Å². The lowest BCUT2D eigenvalue weighted by Gasteiger charge is -2.11. The van der Waals surface area contributed by atoms with Crippen LogP contribution in [-0.2, 0) is 9.47 Å². The molecule has 2 heterocycles. The number of rotatable bonds is 3. The fourth-order valence-electron chi connectivity index (χ4n) is 3.17. The lowest BCUT2D eigenvalue weighted by atomic mass is 10.0. The highest BCUT2D eigenvalue weighted by Crippen LogP contribution is 2.28. The van der Waals surface area contributed by atoms with Gasteiger partial charge in [0.05, 0.1) is 47.8 Å². The number of fused-ring (bicyclic) bond motifs is 2. The number of nitrogens with zero attached hydrogens (tertiary/aromatic N) is 2. The van der Waals surface area contributed by atoms with Crippen LogP contribution in [-0.4, -0.2) is 36.1 Å². The van der Waals surface area contributed by atoms with Crippen molar-refractivity contribution in [2.45, 2.75) is 0 Å². The van der Waals surface area contributed by atoms with Gasteiger partial charge in [-0.25, -0.2) is 19.6 Å². The van der Waals surface area contributed by atoms with Gasteiger partial charge in [-0.05, 0) is 24.3 Å². The van der Waals surface area contributed by atoms with Crippen molar-refractivity contribution in [1.82, 2.24) is 9.97 Å². The minimum atomic E-state index is -0.464. The van der Waals surface area contributed by atoms with Gasteiger partial charge in [-0.3, -0.25) is 0 Å². The molecule has 4 rings (SSSR count). The number of benzene rings is 2.